The number of carbonyl (C=O) groups excluding carboxylic acids is 1. The van der Waals surface area contributed by atoms with Crippen LogP contribution < -0.4 is 10.1 Å². The largest absolute Gasteiger partial charge is 0.497 e. The molecule has 0 aliphatic rings. The van der Waals surface area contributed by atoms with Crippen LogP contribution in [0.1, 0.15) is 5.56 Å². The van der Waals surface area contributed by atoms with Crippen molar-refractivity contribution in [1.82, 2.24) is 4.98 Å². The lowest BCUT2D eigenvalue weighted by atomic mass is 10.2. The number of amides is 1. The minimum absolute atomic E-state index is 0.254. The molecule has 1 heterocycles. The van der Waals surface area contributed by atoms with E-state index in [1.807, 2.05) is 35.7 Å². The van der Waals surface area contributed by atoms with Crippen LogP contribution in [0.5, 0.6) is 5.75 Å². The van der Waals surface area contributed by atoms with Gasteiger partial charge in [-0.05, 0) is 35.9 Å². The molecule has 1 N–H and O–H groups in total. The van der Waals surface area contributed by atoms with E-state index in [1.54, 1.807) is 25.3 Å². The van der Waals surface area contributed by atoms with Crippen molar-refractivity contribution in [2.24, 2.45) is 0 Å². The molecule has 4 nitrogen and oxygen atoms in total. The number of hydrogen-bond donors (Lipinski definition) is 1. The first kappa shape index (κ1) is 18.5. The van der Waals surface area contributed by atoms with Crippen molar-refractivity contribution >= 4 is 51.7 Å². The Morgan fingerprint density at radius 1 is 1.15 bits per heavy atom. The van der Waals surface area contributed by atoms with Crippen molar-refractivity contribution in [3.63, 3.8) is 0 Å². The second-order valence-corrected chi connectivity index (χ2v) is 6.94. The Kier molecular flexibility index (Phi) is 5.93. The number of aromatic nitrogens is 1. The first-order valence-electron chi connectivity index (χ1n) is 7.59. The number of ether oxygens (including phenoxy) is 1. The summed E-state index contributed by atoms with van der Waals surface area (Å²) in [4.78, 5) is 16.5. The molecule has 0 radical (unpaired) electrons. The zero-order valence-corrected chi connectivity index (χ0v) is 16.0. The predicted molar refractivity (Wildman–Crippen MR) is 108 cm³/mol. The van der Waals surface area contributed by atoms with Gasteiger partial charge in [-0.25, -0.2) is 4.98 Å². The maximum Gasteiger partial charge on any atom is 0.250 e. The van der Waals surface area contributed by atoms with Crippen molar-refractivity contribution < 1.29 is 9.53 Å². The molecule has 26 heavy (non-hydrogen) atoms. The Morgan fingerprint density at radius 2 is 1.92 bits per heavy atom. The second kappa shape index (κ2) is 8.36. The van der Waals surface area contributed by atoms with Crippen LogP contribution in [0.4, 0.5) is 5.13 Å². The van der Waals surface area contributed by atoms with E-state index in [0.29, 0.717) is 15.2 Å². The van der Waals surface area contributed by atoms with Gasteiger partial charge >= 0.3 is 0 Å². The number of rotatable bonds is 5. The molecule has 132 valence electrons. The highest BCUT2D eigenvalue weighted by Gasteiger charge is 2.08. The fourth-order valence-electron chi connectivity index (χ4n) is 2.15. The van der Waals surface area contributed by atoms with Crippen molar-refractivity contribution in [2.45, 2.75) is 0 Å². The van der Waals surface area contributed by atoms with Gasteiger partial charge in [0.05, 0.1) is 22.8 Å². The van der Waals surface area contributed by atoms with Crippen LogP contribution in [0.25, 0.3) is 17.3 Å². The lowest BCUT2D eigenvalue weighted by Gasteiger charge is -2.00. The van der Waals surface area contributed by atoms with Crippen LogP contribution >= 0.6 is 34.5 Å². The van der Waals surface area contributed by atoms with Gasteiger partial charge in [-0.1, -0.05) is 41.4 Å². The minimum Gasteiger partial charge on any atom is -0.497 e. The SMILES string of the molecule is COc1ccc(C=CC(=O)Nc2nc(-c3ccc(Cl)c(Cl)c3)cs2)cc1. The molecule has 1 amide bonds. The molecule has 0 bridgehead atoms. The zero-order chi connectivity index (χ0) is 18.5. The molecule has 1 aromatic heterocycles. The van der Waals surface area contributed by atoms with E-state index in [0.717, 1.165) is 22.6 Å². The Balaban J connectivity index is 1.65. The van der Waals surface area contributed by atoms with E-state index in [-0.39, 0.29) is 5.91 Å². The number of benzene rings is 2. The number of anilines is 1. The molecule has 0 saturated carbocycles. The molecule has 0 atom stereocenters. The summed E-state index contributed by atoms with van der Waals surface area (Å²) in [5, 5.41) is 6.06. The number of hydrogen-bond acceptors (Lipinski definition) is 4. The highest BCUT2D eigenvalue weighted by atomic mass is 35.5. The van der Waals surface area contributed by atoms with Crippen LogP contribution in [-0.4, -0.2) is 18.0 Å². The zero-order valence-electron chi connectivity index (χ0n) is 13.7. The summed E-state index contributed by atoms with van der Waals surface area (Å²) in [7, 11) is 1.61. The Hall–Kier alpha value is -2.34. The fraction of sp³-hybridized carbons (Fsp3) is 0.0526. The van der Waals surface area contributed by atoms with Gasteiger partial charge in [-0.3, -0.25) is 10.1 Å². The number of nitrogens with one attached hydrogen (secondary N) is 1. The molecule has 0 aliphatic heterocycles. The van der Waals surface area contributed by atoms with E-state index in [2.05, 4.69) is 10.3 Å². The van der Waals surface area contributed by atoms with Gasteiger partial charge in [0, 0.05) is 17.0 Å². The van der Waals surface area contributed by atoms with Gasteiger partial charge in [0.15, 0.2) is 5.13 Å². The van der Waals surface area contributed by atoms with Gasteiger partial charge in [0.25, 0.3) is 0 Å². The van der Waals surface area contributed by atoms with Crippen LogP contribution in [0, 0.1) is 0 Å². The Bertz CT molecular complexity index is 952. The summed E-state index contributed by atoms with van der Waals surface area (Å²) in [5.41, 5.74) is 2.46. The first-order valence-corrected chi connectivity index (χ1v) is 9.23. The molecule has 7 heteroatoms. The van der Waals surface area contributed by atoms with Gasteiger partial charge in [0.2, 0.25) is 5.91 Å². The van der Waals surface area contributed by atoms with Gasteiger partial charge in [-0.15, -0.1) is 11.3 Å². The van der Waals surface area contributed by atoms with Crippen molar-refractivity contribution in [2.75, 3.05) is 12.4 Å². The maximum atomic E-state index is 12.1. The summed E-state index contributed by atoms with van der Waals surface area (Å²) in [5.74, 6) is 0.514. The minimum atomic E-state index is -0.254. The van der Waals surface area contributed by atoms with Crippen molar-refractivity contribution in [3.05, 3.63) is 69.5 Å². The van der Waals surface area contributed by atoms with Gasteiger partial charge in [-0.2, -0.15) is 0 Å². The van der Waals surface area contributed by atoms with Crippen LogP contribution in [0.2, 0.25) is 10.0 Å². The van der Waals surface area contributed by atoms with E-state index in [1.165, 1.54) is 17.4 Å². The average Bonchev–Trinajstić information content (AvgIpc) is 3.11. The molecule has 3 rings (SSSR count). The second-order valence-electron chi connectivity index (χ2n) is 5.26. The standard InChI is InChI=1S/C19H14Cl2N2O2S/c1-25-14-6-2-12(3-7-14)4-9-18(24)23-19-22-17(11-26-19)13-5-8-15(20)16(21)10-13/h2-11H,1H3,(H,22,23,24). The van der Waals surface area contributed by atoms with Gasteiger partial charge in [0.1, 0.15) is 5.75 Å². The smallest absolute Gasteiger partial charge is 0.250 e. The maximum absolute atomic E-state index is 12.1. The average molecular weight is 405 g/mol. The predicted octanol–water partition coefficient (Wildman–Crippen LogP) is 5.78. The number of thiazole rings is 1. The molecular formula is C19H14Cl2N2O2S. The first-order chi connectivity index (χ1) is 12.5. The van der Waals surface area contributed by atoms with Crippen molar-refractivity contribution in [1.29, 1.82) is 0 Å². The number of methoxy groups -OCH3 is 1. The molecule has 0 aliphatic carbocycles. The quantitative estimate of drug-likeness (QED) is 0.548. The topological polar surface area (TPSA) is 51.2 Å². The van der Waals surface area contributed by atoms with E-state index in [9.17, 15) is 4.79 Å². The third kappa shape index (κ3) is 4.64. The molecule has 2 aromatic carbocycles. The molecule has 3 aromatic rings. The molecule has 0 unspecified atom stereocenters. The summed E-state index contributed by atoms with van der Waals surface area (Å²) in [6, 6.07) is 12.7. The number of nitrogens with zero attached hydrogens (tertiary/aromatic N) is 1. The summed E-state index contributed by atoms with van der Waals surface area (Å²) >= 11 is 13.3. The van der Waals surface area contributed by atoms with Crippen molar-refractivity contribution in [3.8, 4) is 17.0 Å². The number of halogens is 2. The summed E-state index contributed by atoms with van der Waals surface area (Å²) in [6.45, 7) is 0. The fourth-order valence-corrected chi connectivity index (χ4v) is 3.17. The highest BCUT2D eigenvalue weighted by Crippen LogP contribution is 2.30. The van der Waals surface area contributed by atoms with E-state index in [4.69, 9.17) is 27.9 Å². The highest BCUT2D eigenvalue weighted by molar-refractivity contribution is 7.14. The van der Waals surface area contributed by atoms with Crippen LogP contribution in [0.15, 0.2) is 53.9 Å². The number of carbonyl (C=O) groups is 1. The summed E-state index contributed by atoms with van der Waals surface area (Å²) < 4.78 is 5.10. The summed E-state index contributed by atoms with van der Waals surface area (Å²) in [6.07, 6.45) is 3.18. The molecular weight excluding hydrogens is 391 g/mol. The van der Waals surface area contributed by atoms with E-state index < -0.39 is 0 Å². The lowest BCUT2D eigenvalue weighted by Crippen LogP contribution is -2.07. The third-order valence-electron chi connectivity index (χ3n) is 3.49. The normalized spacial score (nSPS) is 10.9. The monoisotopic (exact) mass is 404 g/mol. The molecule has 0 spiro atoms. The van der Waals surface area contributed by atoms with Gasteiger partial charge < -0.3 is 4.74 Å². The Labute approximate surface area is 165 Å². The molecule has 0 saturated heterocycles. The van der Waals surface area contributed by atoms with Crippen LogP contribution in [0.3, 0.4) is 0 Å². The Morgan fingerprint density at radius 3 is 2.62 bits per heavy atom. The third-order valence-corrected chi connectivity index (χ3v) is 4.99. The van der Waals surface area contributed by atoms with Crippen LogP contribution in [-0.2, 0) is 4.79 Å². The molecule has 0 fully saturated rings. The van der Waals surface area contributed by atoms with E-state index >= 15 is 0 Å². The lowest BCUT2D eigenvalue weighted by molar-refractivity contribution is -0.111.